The van der Waals surface area contributed by atoms with Crippen LogP contribution >= 0.6 is 0 Å². The SMILES string of the molecule is CC(C)(C)c1cc(C(=O)N2CCO[C@H](c3nc(-c4cccc(C(F)(F)F)c4)no3)C2)n[nH]1. The largest absolute Gasteiger partial charge is 0.416 e. The third kappa shape index (κ3) is 4.52. The van der Waals surface area contributed by atoms with Crippen molar-refractivity contribution in [2.24, 2.45) is 0 Å². The number of hydrogen-bond acceptors (Lipinski definition) is 6. The predicted octanol–water partition coefficient (Wildman–Crippen LogP) is 3.99. The molecule has 0 unspecified atom stereocenters. The summed E-state index contributed by atoms with van der Waals surface area (Å²) in [5, 5.41) is 10.8. The number of carbonyl (C=O) groups excluding carboxylic acids is 1. The lowest BCUT2D eigenvalue weighted by Crippen LogP contribution is -2.42. The molecule has 0 bridgehead atoms. The fraction of sp³-hybridized carbons (Fsp3) is 0.429. The zero-order chi connectivity index (χ0) is 23.1. The van der Waals surface area contributed by atoms with E-state index >= 15 is 0 Å². The molecule has 1 amide bonds. The lowest BCUT2D eigenvalue weighted by molar-refractivity contribution is -0.137. The number of hydrogen-bond donors (Lipinski definition) is 1. The molecule has 32 heavy (non-hydrogen) atoms. The van der Waals surface area contributed by atoms with Crippen LogP contribution in [-0.4, -0.2) is 50.8 Å². The zero-order valence-corrected chi connectivity index (χ0v) is 17.7. The average molecular weight is 449 g/mol. The van der Waals surface area contributed by atoms with Crippen molar-refractivity contribution in [2.45, 2.75) is 38.5 Å². The van der Waals surface area contributed by atoms with Crippen molar-refractivity contribution in [2.75, 3.05) is 19.7 Å². The number of nitrogens with one attached hydrogen (secondary N) is 1. The van der Waals surface area contributed by atoms with E-state index in [2.05, 4.69) is 20.3 Å². The van der Waals surface area contributed by atoms with Crippen molar-refractivity contribution >= 4 is 5.91 Å². The van der Waals surface area contributed by atoms with E-state index in [4.69, 9.17) is 9.26 Å². The molecule has 2 aromatic heterocycles. The number of nitrogens with zero attached hydrogens (tertiary/aromatic N) is 4. The third-order valence-corrected chi connectivity index (χ3v) is 5.12. The average Bonchev–Trinajstić information content (AvgIpc) is 3.43. The quantitative estimate of drug-likeness (QED) is 0.650. The molecule has 1 aliphatic rings. The normalized spacial score (nSPS) is 17.6. The molecule has 1 atom stereocenters. The highest BCUT2D eigenvalue weighted by molar-refractivity contribution is 5.92. The lowest BCUT2D eigenvalue weighted by atomic mass is 9.92. The summed E-state index contributed by atoms with van der Waals surface area (Å²) in [5.74, 6) is -0.157. The van der Waals surface area contributed by atoms with Crippen LogP contribution in [-0.2, 0) is 16.3 Å². The number of amides is 1. The second-order valence-electron chi connectivity index (χ2n) is 8.56. The molecule has 8 nitrogen and oxygen atoms in total. The Morgan fingerprint density at radius 3 is 2.69 bits per heavy atom. The summed E-state index contributed by atoms with van der Waals surface area (Å²) in [6, 6.07) is 6.40. The molecule has 11 heteroatoms. The first-order valence-electron chi connectivity index (χ1n) is 10.0. The fourth-order valence-electron chi connectivity index (χ4n) is 3.28. The molecule has 0 spiro atoms. The second-order valence-corrected chi connectivity index (χ2v) is 8.56. The Bertz CT molecular complexity index is 1120. The van der Waals surface area contributed by atoms with Crippen LogP contribution in [0.2, 0.25) is 0 Å². The maximum absolute atomic E-state index is 13.0. The van der Waals surface area contributed by atoms with E-state index < -0.39 is 17.8 Å². The van der Waals surface area contributed by atoms with Gasteiger partial charge in [-0.1, -0.05) is 38.1 Å². The number of rotatable bonds is 3. The van der Waals surface area contributed by atoms with Gasteiger partial charge >= 0.3 is 6.18 Å². The molecular weight excluding hydrogens is 427 g/mol. The van der Waals surface area contributed by atoms with E-state index in [1.807, 2.05) is 20.8 Å². The van der Waals surface area contributed by atoms with Crippen LogP contribution in [0.15, 0.2) is 34.9 Å². The summed E-state index contributed by atoms with van der Waals surface area (Å²) < 4.78 is 49.8. The first-order chi connectivity index (χ1) is 15.0. The highest BCUT2D eigenvalue weighted by atomic mass is 19.4. The Balaban J connectivity index is 1.49. The molecule has 1 saturated heterocycles. The van der Waals surface area contributed by atoms with E-state index in [0.29, 0.717) is 12.2 Å². The fourth-order valence-corrected chi connectivity index (χ4v) is 3.28. The van der Waals surface area contributed by atoms with Gasteiger partial charge in [0.1, 0.15) is 5.69 Å². The monoisotopic (exact) mass is 449 g/mol. The highest BCUT2D eigenvalue weighted by Crippen LogP contribution is 2.32. The van der Waals surface area contributed by atoms with Crippen molar-refractivity contribution in [1.82, 2.24) is 25.2 Å². The molecular formula is C21H22F3N5O3. The molecule has 1 aromatic carbocycles. The van der Waals surface area contributed by atoms with Gasteiger partial charge < -0.3 is 14.2 Å². The Morgan fingerprint density at radius 2 is 2.00 bits per heavy atom. The van der Waals surface area contributed by atoms with Crippen LogP contribution in [0, 0.1) is 0 Å². The van der Waals surface area contributed by atoms with Crippen LogP contribution < -0.4 is 0 Å². The van der Waals surface area contributed by atoms with E-state index in [9.17, 15) is 18.0 Å². The maximum Gasteiger partial charge on any atom is 0.416 e. The van der Waals surface area contributed by atoms with Crippen LogP contribution in [0.3, 0.4) is 0 Å². The van der Waals surface area contributed by atoms with Gasteiger partial charge in [-0.25, -0.2) is 0 Å². The summed E-state index contributed by atoms with van der Waals surface area (Å²) in [4.78, 5) is 18.7. The standard InChI is InChI=1S/C21H22F3N5O3/c1-20(2,3)16-10-14(26-27-16)19(30)29-7-8-31-15(11-29)18-25-17(28-32-18)12-5-4-6-13(9-12)21(22,23)24/h4-6,9-10,15H,7-8,11H2,1-3H3,(H,26,27)/t15-/m0/s1. The minimum Gasteiger partial charge on any atom is -0.365 e. The first-order valence-corrected chi connectivity index (χ1v) is 10.0. The Hall–Kier alpha value is -3.21. The van der Waals surface area contributed by atoms with Crippen LogP contribution in [0.25, 0.3) is 11.4 Å². The maximum atomic E-state index is 13.0. The Morgan fingerprint density at radius 1 is 1.22 bits per heavy atom. The number of benzene rings is 1. The number of morpholine rings is 1. The van der Waals surface area contributed by atoms with Gasteiger partial charge in [0.2, 0.25) is 5.82 Å². The molecule has 3 aromatic rings. The summed E-state index contributed by atoms with van der Waals surface area (Å²) in [6.45, 7) is 6.79. The minimum absolute atomic E-state index is 0.0141. The van der Waals surface area contributed by atoms with Gasteiger partial charge in [-0.15, -0.1) is 0 Å². The number of aromatic amines is 1. The van der Waals surface area contributed by atoms with Crippen molar-refractivity contribution in [1.29, 1.82) is 0 Å². The Labute approximate surface area is 181 Å². The first kappa shape index (κ1) is 22.0. The number of halogens is 3. The summed E-state index contributed by atoms with van der Waals surface area (Å²) in [7, 11) is 0. The lowest BCUT2D eigenvalue weighted by Gasteiger charge is -2.30. The number of H-pyrrole nitrogens is 1. The van der Waals surface area contributed by atoms with E-state index in [1.165, 1.54) is 12.1 Å². The van der Waals surface area contributed by atoms with E-state index in [-0.39, 0.29) is 41.8 Å². The molecule has 0 saturated carbocycles. The highest BCUT2D eigenvalue weighted by Gasteiger charge is 2.33. The van der Waals surface area contributed by atoms with Crippen LogP contribution in [0.4, 0.5) is 13.2 Å². The minimum atomic E-state index is -4.48. The zero-order valence-electron chi connectivity index (χ0n) is 17.7. The van der Waals surface area contributed by atoms with Gasteiger partial charge in [0.15, 0.2) is 6.10 Å². The molecule has 1 aliphatic heterocycles. The number of alkyl halides is 3. The van der Waals surface area contributed by atoms with E-state index in [0.717, 1.165) is 17.8 Å². The molecule has 170 valence electrons. The number of ether oxygens (including phenoxy) is 1. The van der Waals surface area contributed by atoms with Gasteiger partial charge in [-0.2, -0.15) is 23.3 Å². The third-order valence-electron chi connectivity index (χ3n) is 5.12. The molecule has 1 fully saturated rings. The number of carbonyl (C=O) groups is 1. The second kappa shape index (κ2) is 8.05. The molecule has 4 rings (SSSR count). The van der Waals surface area contributed by atoms with Gasteiger partial charge in [-0.3, -0.25) is 9.89 Å². The summed E-state index contributed by atoms with van der Waals surface area (Å²) in [6.07, 6.45) is -5.17. The van der Waals surface area contributed by atoms with Gasteiger partial charge in [-0.05, 0) is 18.2 Å². The van der Waals surface area contributed by atoms with Crippen molar-refractivity contribution in [3.05, 3.63) is 53.2 Å². The van der Waals surface area contributed by atoms with Crippen molar-refractivity contribution in [3.8, 4) is 11.4 Å². The molecule has 1 N–H and O–H groups in total. The molecule has 0 radical (unpaired) electrons. The van der Waals surface area contributed by atoms with Gasteiger partial charge in [0.05, 0.1) is 18.7 Å². The van der Waals surface area contributed by atoms with Crippen molar-refractivity contribution in [3.63, 3.8) is 0 Å². The Kier molecular flexibility index (Phi) is 5.53. The van der Waals surface area contributed by atoms with Gasteiger partial charge in [0, 0.05) is 23.2 Å². The topological polar surface area (TPSA) is 97.1 Å². The summed E-state index contributed by atoms with van der Waals surface area (Å²) in [5.41, 5.74) is 0.326. The van der Waals surface area contributed by atoms with Crippen LogP contribution in [0.1, 0.15) is 54.5 Å². The van der Waals surface area contributed by atoms with Crippen LogP contribution in [0.5, 0.6) is 0 Å². The predicted molar refractivity (Wildman–Crippen MR) is 107 cm³/mol. The molecule has 3 heterocycles. The summed E-state index contributed by atoms with van der Waals surface area (Å²) >= 11 is 0. The van der Waals surface area contributed by atoms with E-state index in [1.54, 1.807) is 11.0 Å². The van der Waals surface area contributed by atoms with Gasteiger partial charge in [0.25, 0.3) is 11.8 Å². The number of aromatic nitrogens is 4. The molecule has 0 aliphatic carbocycles. The smallest absolute Gasteiger partial charge is 0.365 e. The van der Waals surface area contributed by atoms with Crippen molar-refractivity contribution < 1.29 is 27.2 Å².